The van der Waals surface area contributed by atoms with E-state index in [0.717, 1.165) is 32.7 Å². The zero-order chi connectivity index (χ0) is 4.99. The molecule has 0 amide bonds. The molecule has 0 fully saturated rings. The van der Waals surface area contributed by atoms with Gasteiger partial charge in [-0.25, -0.2) is 0 Å². The average molecular weight is 292 g/mol. The second-order valence-corrected chi connectivity index (χ2v) is 5.74. The maximum absolute atomic E-state index is 5.13. The van der Waals surface area contributed by atoms with Crippen LogP contribution in [0.25, 0.3) is 0 Å². The molecule has 0 saturated carbocycles. The summed E-state index contributed by atoms with van der Waals surface area (Å²) in [6, 6.07) is 0. The molecule has 0 radical (unpaired) electrons. The van der Waals surface area contributed by atoms with Crippen molar-refractivity contribution in [2.45, 2.75) is 17.5 Å². The molecule has 0 aliphatic heterocycles. The largest absolute Gasteiger partial charge is 0.412 e. The number of ether oxygens (including phenoxy) is 1. The van der Waals surface area contributed by atoms with Crippen LogP contribution < -0.4 is 0 Å². The van der Waals surface area contributed by atoms with Gasteiger partial charge in [-0.15, -0.1) is 0 Å². The maximum atomic E-state index is 5.13. The molecule has 2 nitrogen and oxygen atoms in total. The molecule has 41 valence electrons. The van der Waals surface area contributed by atoms with Gasteiger partial charge in [0.1, 0.15) is 0 Å². The quantitative estimate of drug-likeness (QED) is 0.665. The van der Waals surface area contributed by atoms with Crippen molar-refractivity contribution in [2.75, 3.05) is 6.61 Å². The molecule has 0 aromatic rings. The molecule has 0 heterocycles. The third kappa shape index (κ3) is 10.9. The first kappa shape index (κ1) is 10.8. The first-order valence-corrected chi connectivity index (χ1v) is 5.39. The van der Waals surface area contributed by atoms with Gasteiger partial charge in [0.2, 0.25) is 0 Å². The van der Waals surface area contributed by atoms with Crippen LogP contribution in [0, 0.1) is 0 Å². The number of hydrogen-bond acceptors (Lipinski definition) is 1. The van der Waals surface area contributed by atoms with E-state index in [1.807, 2.05) is 6.92 Å². The van der Waals surface area contributed by atoms with Crippen molar-refractivity contribution >= 4 is 0 Å². The van der Waals surface area contributed by atoms with Crippen LogP contribution in [0.4, 0.5) is 0 Å². The minimum absolute atomic E-state index is 0. The molecule has 7 heavy (non-hydrogen) atoms. The van der Waals surface area contributed by atoms with Crippen LogP contribution in [0.15, 0.2) is 0 Å². The van der Waals surface area contributed by atoms with Gasteiger partial charge in [-0.3, -0.25) is 0 Å². The van der Waals surface area contributed by atoms with Crippen LogP contribution in [0.5, 0.6) is 0 Å². The van der Waals surface area contributed by atoms with Gasteiger partial charge in [0, 0.05) is 0 Å². The molecular weight excluding hydrogens is 281 g/mol. The fourth-order valence-electron chi connectivity index (χ4n) is 0.285. The van der Waals surface area contributed by atoms with E-state index in [4.69, 9.17) is 4.74 Å². The Morgan fingerprint density at radius 1 is 1.71 bits per heavy atom. The minimum Gasteiger partial charge on any atom is -0.412 e. The van der Waals surface area contributed by atoms with Crippen molar-refractivity contribution in [3.05, 3.63) is 0 Å². The van der Waals surface area contributed by atoms with Gasteiger partial charge in [0.15, 0.2) is 0 Å². The Morgan fingerprint density at radius 3 is 2.14 bits per heavy atom. The van der Waals surface area contributed by atoms with Gasteiger partial charge in [-0.05, 0) is 0 Å². The van der Waals surface area contributed by atoms with Crippen molar-refractivity contribution in [3.63, 3.8) is 0 Å². The first-order valence-electron chi connectivity index (χ1n) is 2.22. The summed E-state index contributed by atoms with van der Waals surface area (Å²) in [6.07, 6.45) is 0. The maximum Gasteiger partial charge on any atom is -0.412 e. The molecule has 0 bridgehead atoms. The summed E-state index contributed by atoms with van der Waals surface area (Å²) in [6.45, 7) is 5.03. The van der Waals surface area contributed by atoms with E-state index in [9.17, 15) is 0 Å². The molecule has 0 aliphatic rings. The van der Waals surface area contributed by atoms with E-state index < -0.39 is 0 Å². The molecule has 0 spiro atoms. The van der Waals surface area contributed by atoms with Crippen molar-refractivity contribution < 1.29 is 36.3 Å². The molecule has 2 N–H and O–H groups in total. The first-order chi connectivity index (χ1) is 2.77. The minimum atomic E-state index is 0. The molecule has 0 saturated heterocycles. The van der Waals surface area contributed by atoms with Crippen molar-refractivity contribution in [1.82, 2.24) is 0 Å². The average Bonchev–Trinajstić information content (AvgIpc) is 1.35. The second kappa shape index (κ2) is 6.86. The monoisotopic (exact) mass is 293 g/mol. The predicted octanol–water partition coefficient (Wildman–Crippen LogP) is 0.0910. The summed E-state index contributed by atoms with van der Waals surface area (Å²) >= 11 is 0.806. The van der Waals surface area contributed by atoms with Gasteiger partial charge < -0.3 is 5.48 Å². The van der Waals surface area contributed by atoms with Crippen molar-refractivity contribution in [1.29, 1.82) is 0 Å². The fourth-order valence-corrected chi connectivity index (χ4v) is 1.20. The van der Waals surface area contributed by atoms with Crippen LogP contribution in [0.1, 0.15) is 13.8 Å². The van der Waals surface area contributed by atoms with E-state index in [1.165, 1.54) is 0 Å². The summed E-state index contributed by atoms with van der Waals surface area (Å²) in [4.78, 5) is 0. The third-order valence-corrected chi connectivity index (χ3v) is 1.37. The SMILES string of the molecule is CCO[CH](C)[Hg].O. The summed E-state index contributed by atoms with van der Waals surface area (Å²) < 4.78 is 5.72. The Hall–Kier alpha value is 0.855. The van der Waals surface area contributed by atoms with Crippen LogP contribution in [-0.4, -0.2) is 15.7 Å². The van der Waals surface area contributed by atoms with E-state index in [0.29, 0.717) is 3.61 Å². The smallest absolute Gasteiger partial charge is 0.412 e. The van der Waals surface area contributed by atoms with Gasteiger partial charge >= 0.3 is 54.9 Å². The van der Waals surface area contributed by atoms with Crippen LogP contribution in [0.3, 0.4) is 0 Å². The Balaban J connectivity index is 0. The van der Waals surface area contributed by atoms with Gasteiger partial charge in [0.05, 0.1) is 0 Å². The van der Waals surface area contributed by atoms with E-state index in [-0.39, 0.29) is 5.48 Å². The summed E-state index contributed by atoms with van der Waals surface area (Å²) in [5.74, 6) is 0. The zero-order valence-corrected chi connectivity index (χ0v) is 10.4. The van der Waals surface area contributed by atoms with Crippen molar-refractivity contribution in [3.8, 4) is 0 Å². The molecule has 3 heteroatoms. The van der Waals surface area contributed by atoms with Gasteiger partial charge in [0.25, 0.3) is 0 Å². The Morgan fingerprint density at radius 2 is 2.14 bits per heavy atom. The zero-order valence-electron chi connectivity index (χ0n) is 4.90. The Kier molecular flexibility index (Phi) is 10.5. The molecular formula is C4H11HgO2. The van der Waals surface area contributed by atoms with Gasteiger partial charge in [-0.1, -0.05) is 0 Å². The van der Waals surface area contributed by atoms with Gasteiger partial charge in [-0.2, -0.15) is 0 Å². The summed E-state index contributed by atoms with van der Waals surface area (Å²) in [5, 5.41) is 0. The molecule has 1 atom stereocenters. The Bertz CT molecular complexity index is 30.9. The molecule has 0 aromatic heterocycles. The predicted molar refractivity (Wildman–Crippen MR) is 24.7 cm³/mol. The van der Waals surface area contributed by atoms with Crippen molar-refractivity contribution in [2.24, 2.45) is 0 Å². The normalized spacial score (nSPS) is 12.6. The standard InChI is InChI=1S/C4H9O.Hg.H2O/c1-3-5-4-2;;/h3H,4H2,1-2H3;;1H2. The molecule has 0 aliphatic carbocycles. The summed E-state index contributed by atoms with van der Waals surface area (Å²) in [5.41, 5.74) is 0. The molecule has 0 rings (SSSR count). The van der Waals surface area contributed by atoms with E-state index in [1.54, 1.807) is 0 Å². The Labute approximate surface area is 60.5 Å². The topological polar surface area (TPSA) is 40.7 Å². The third-order valence-electron chi connectivity index (χ3n) is 0.451. The number of hydrogen-bond donors (Lipinski definition) is 0. The van der Waals surface area contributed by atoms with Crippen LogP contribution in [0.2, 0.25) is 0 Å². The van der Waals surface area contributed by atoms with E-state index in [2.05, 4.69) is 6.92 Å². The van der Waals surface area contributed by atoms with E-state index >= 15 is 0 Å². The summed E-state index contributed by atoms with van der Waals surface area (Å²) in [7, 11) is 0. The number of rotatable bonds is 2. The van der Waals surface area contributed by atoms with Crippen LogP contribution >= 0.6 is 0 Å². The molecule has 1 unspecified atom stereocenters. The second-order valence-electron chi connectivity index (χ2n) is 1.27. The van der Waals surface area contributed by atoms with Crippen LogP contribution in [-0.2, 0) is 30.9 Å². The fraction of sp³-hybridized carbons (Fsp3) is 1.00. The molecule has 0 aromatic carbocycles.